The maximum absolute atomic E-state index is 15.1. The number of Topliss-reactive ketones (excluding diaryl/α,β-unsaturated/α-hetero) is 1. The van der Waals surface area contributed by atoms with Crippen molar-refractivity contribution in [1.29, 1.82) is 0 Å². The van der Waals surface area contributed by atoms with E-state index in [0.29, 0.717) is 50.8 Å². The van der Waals surface area contributed by atoms with Gasteiger partial charge in [-0.15, -0.1) is 23.5 Å². The van der Waals surface area contributed by atoms with Crippen molar-refractivity contribution in [2.45, 2.75) is 248 Å². The Morgan fingerprint density at radius 3 is 1.51 bits per heavy atom. The number of nitrogens with zero attached hydrogens (tertiary/aromatic N) is 2. The Morgan fingerprint density at radius 2 is 1.01 bits per heavy atom. The van der Waals surface area contributed by atoms with Gasteiger partial charge in [0, 0.05) is 132 Å². The van der Waals surface area contributed by atoms with Crippen molar-refractivity contribution in [1.82, 2.24) is 83.6 Å². The van der Waals surface area contributed by atoms with Crippen molar-refractivity contribution in [3.63, 3.8) is 0 Å². The fourth-order valence-corrected chi connectivity index (χ4v) is 19.0. The smallest absolute Gasteiger partial charge is 0.308 e. The number of hydrogen-bond donors (Lipinski definition) is 20. The first kappa shape index (κ1) is 117. The number of aliphatic hydroxyl groups excluding tert-OH is 2. The fraction of sp³-hybridized carbons (Fsp3) is 0.565. The minimum absolute atomic E-state index is 0.120. The number of carbonyl (C=O) groups excluding carboxylic acids is 23. The number of thioether (sulfide) groups is 2. The predicted octanol–water partition coefficient (Wildman–Crippen LogP) is -5.75. The van der Waals surface area contributed by atoms with E-state index >= 15 is 4.79 Å². The monoisotopic (exact) mass is 2090 g/mol. The number of aromatic amines is 2. The summed E-state index contributed by atoms with van der Waals surface area (Å²) in [6.45, 7) is 11.6. The number of ketones is 1. The van der Waals surface area contributed by atoms with Crippen molar-refractivity contribution in [3.05, 3.63) is 47.5 Å². The number of benzene rings is 2. The summed E-state index contributed by atoms with van der Waals surface area (Å²) in [5.74, 6) is -26.6. The van der Waals surface area contributed by atoms with Crippen LogP contribution in [-0.4, -0.2) is 332 Å². The molecular weight excluding hydrogens is 1960 g/mol. The molecule has 23 N–H and O–H groups in total. The number of aliphatic carboxylic acids is 1. The van der Waals surface area contributed by atoms with Gasteiger partial charge < -0.3 is 145 Å². The maximum atomic E-state index is 15.1. The number of hydrogen-bond acceptors (Lipinski definition) is 35. The number of aliphatic hydroxyl groups is 2. The van der Waals surface area contributed by atoms with Crippen LogP contribution in [0.5, 0.6) is 11.5 Å². The highest BCUT2D eigenvalue weighted by Crippen LogP contribution is 2.38. The molecular formula is C92H125N19O33S2. The zero-order chi connectivity index (χ0) is 108. The summed E-state index contributed by atoms with van der Waals surface area (Å²) < 4.78 is 31.5. The SMILES string of the molecule is CC[C@H](C)[C@@H]1NC(=O)CNC(=O)C(N)Cc2c([nH]c3cc(OC(C)=O)ccc23)SCC(C(=O)NC(CC(N)=O)C(=O)N2CC(O)C[C@H]2C(=O)N[C@H](CC(=O)O)C(C)[C@H](COC(C)=O)OC(C)=O)NC(=O)CNC1=O.CC[C@H](C)[C@@H]1NC(=O)CNC(=O)C2CC(=O)[C@H](C(C)[C@H](COC(C)=O)OC(C)=O)NC(=O)[C@@H]3CC(O)CN3C(=O)C(CC(N)=O)NC(=O)C(CSc3[nH]c4cc(OC(C)=O)ccc4c3C2)NC(=O)CNC1=O. The number of primary amides is 2. The molecule has 5 aliphatic rings. The minimum Gasteiger partial charge on any atom is -0.481 e. The number of β-amino-alcohol motifs (C(OH)–C–C–N with tert-alkyl or cyclic N) is 1. The quantitative estimate of drug-likeness (QED) is 0.0150. The molecule has 2 saturated heterocycles. The average Bonchev–Trinajstić information content (AvgIpc) is 1.64. The van der Waals surface area contributed by atoms with Crippen molar-refractivity contribution in [2.75, 3.05) is 64.0 Å². The highest BCUT2D eigenvalue weighted by atomic mass is 32.2. The Hall–Kier alpha value is -14.4. The summed E-state index contributed by atoms with van der Waals surface area (Å²) in [7, 11) is 0. The molecule has 10 unspecified atom stereocenters. The van der Waals surface area contributed by atoms with Gasteiger partial charge in [-0.1, -0.05) is 54.4 Å². The van der Waals surface area contributed by atoms with Crippen LogP contribution in [0.1, 0.15) is 146 Å². The molecule has 9 rings (SSSR count). The van der Waals surface area contributed by atoms with E-state index in [1.54, 1.807) is 39.8 Å². The van der Waals surface area contributed by atoms with Gasteiger partial charge in [0.05, 0.1) is 90.8 Å². The van der Waals surface area contributed by atoms with Gasteiger partial charge in [0.25, 0.3) is 0 Å². The van der Waals surface area contributed by atoms with Crippen LogP contribution in [0.15, 0.2) is 46.5 Å². The lowest BCUT2D eigenvalue weighted by Gasteiger charge is -2.33. The number of aromatic nitrogens is 2. The number of nitrogens with two attached hydrogens (primary N) is 3. The Morgan fingerprint density at radius 1 is 0.514 bits per heavy atom. The fourth-order valence-electron chi connectivity index (χ4n) is 16.8. The number of likely N-dealkylation sites (tertiary alicyclic amines) is 1. The Kier molecular flexibility index (Phi) is 43.2. The number of rotatable bonds is 27. The van der Waals surface area contributed by atoms with Crippen LogP contribution in [0.2, 0.25) is 0 Å². The maximum Gasteiger partial charge on any atom is 0.308 e. The predicted molar refractivity (Wildman–Crippen MR) is 510 cm³/mol. The molecule has 0 spiro atoms. The third-order valence-corrected chi connectivity index (χ3v) is 26.9. The van der Waals surface area contributed by atoms with Crippen LogP contribution in [0.4, 0.5) is 0 Å². The lowest BCUT2D eigenvalue weighted by molar-refractivity contribution is -0.161. The molecule has 146 heavy (non-hydrogen) atoms. The first-order chi connectivity index (χ1) is 68.7. The molecule has 0 radical (unpaired) electrons. The Labute approximate surface area is 843 Å². The summed E-state index contributed by atoms with van der Waals surface area (Å²) in [6, 6.07) is -7.47. The average molecular weight is 2090 g/mol. The second-order valence-corrected chi connectivity index (χ2v) is 38.1. The van der Waals surface area contributed by atoms with Gasteiger partial charge in [-0.3, -0.25) is 115 Å². The molecule has 52 nitrogen and oxygen atoms in total. The number of carboxylic acids is 1. The van der Waals surface area contributed by atoms with Crippen LogP contribution in [0, 0.1) is 29.6 Å². The number of H-pyrrole nitrogens is 2. The summed E-state index contributed by atoms with van der Waals surface area (Å²) in [4.78, 5) is 327. The van der Waals surface area contributed by atoms with Crippen LogP contribution in [0.25, 0.3) is 21.8 Å². The largest absolute Gasteiger partial charge is 0.481 e. The van der Waals surface area contributed by atoms with Crippen LogP contribution < -0.4 is 90.5 Å². The van der Waals surface area contributed by atoms with Crippen molar-refractivity contribution >= 4 is 187 Å². The first-order valence-electron chi connectivity index (χ1n) is 46.8. The second-order valence-electron chi connectivity index (χ2n) is 36.0. The topological polar surface area (TPSA) is 786 Å². The number of fused-ring (bicyclic) bond motifs is 8. The van der Waals surface area contributed by atoms with Gasteiger partial charge >= 0.3 is 41.8 Å². The van der Waals surface area contributed by atoms with E-state index in [4.69, 9.17) is 45.6 Å². The molecule has 2 aromatic carbocycles. The molecule has 5 aliphatic heterocycles. The van der Waals surface area contributed by atoms with Gasteiger partial charge in [0.2, 0.25) is 94.5 Å². The Bertz CT molecular complexity index is 5640. The van der Waals surface area contributed by atoms with Gasteiger partial charge in [-0.25, -0.2) is 0 Å². The van der Waals surface area contributed by atoms with Crippen LogP contribution >= 0.6 is 23.5 Å². The number of carbonyl (C=O) groups is 24. The summed E-state index contributed by atoms with van der Waals surface area (Å²) in [5, 5.41) is 63.1. The van der Waals surface area contributed by atoms with Gasteiger partial charge in [-0.2, -0.15) is 0 Å². The normalized spacial score (nSPS) is 23.7. The van der Waals surface area contributed by atoms with Gasteiger partial charge in [-0.05, 0) is 60.1 Å². The first-order valence-corrected chi connectivity index (χ1v) is 48.8. The third-order valence-electron chi connectivity index (χ3n) is 24.6. The van der Waals surface area contributed by atoms with Crippen molar-refractivity contribution in [3.8, 4) is 11.5 Å². The van der Waals surface area contributed by atoms with Crippen molar-refractivity contribution in [2.24, 2.45) is 46.8 Å². The third kappa shape index (κ3) is 33.8. The van der Waals surface area contributed by atoms with E-state index in [1.807, 2.05) is 0 Å². The molecule has 2 fully saturated rings. The summed E-state index contributed by atoms with van der Waals surface area (Å²) in [6.07, 6.45) is -8.92. The number of amides is 16. The molecule has 4 aromatic rings. The molecule has 2 aromatic heterocycles. The highest BCUT2D eigenvalue weighted by molar-refractivity contribution is 7.99. The van der Waals surface area contributed by atoms with E-state index in [2.05, 4.69) is 73.8 Å². The zero-order valence-corrected chi connectivity index (χ0v) is 83.8. The highest BCUT2D eigenvalue weighted by Gasteiger charge is 2.49. The molecule has 2 bridgehead atoms. The Balaban J connectivity index is 0.000000356. The van der Waals surface area contributed by atoms with E-state index in [-0.39, 0.29) is 40.9 Å². The van der Waals surface area contributed by atoms with Gasteiger partial charge in [0.1, 0.15) is 85.3 Å². The number of esters is 6. The van der Waals surface area contributed by atoms with Crippen LogP contribution in [0.3, 0.4) is 0 Å². The lowest BCUT2D eigenvalue weighted by Crippen LogP contribution is -2.60. The molecule has 0 saturated carbocycles. The molecule has 798 valence electrons. The molecule has 54 heteroatoms. The molecule has 7 heterocycles. The molecule has 20 atom stereocenters. The van der Waals surface area contributed by atoms with E-state index in [0.717, 1.165) is 61.0 Å². The number of nitrogens with one attached hydrogen (secondary N) is 14. The molecule has 16 amide bonds. The van der Waals surface area contributed by atoms with E-state index < -0.39 is 354 Å². The lowest BCUT2D eigenvalue weighted by atomic mass is 9.85. The zero-order valence-electron chi connectivity index (χ0n) is 82.2. The summed E-state index contributed by atoms with van der Waals surface area (Å²) >= 11 is 1.89. The van der Waals surface area contributed by atoms with Gasteiger partial charge in [0.15, 0.2) is 5.78 Å². The standard InChI is InChI=1S/C46H64N10O17S.C46H61N9O16S/c1-7-20(2)40-44(69)50-15-37(62)51-33(19-74-45-28(12-29(47)41(66)49-16-38(63)55-40)27-9-8-26(72-23(5)58)11-31(27)54-45)42(67)53-32(13-36(48)61)46(70)56-17-25(60)10-34(56)43(68)52-30(14-39(64)65)21(3)35(73-24(6)59)18-71-22(4)57;1-7-20(2)39-44(67)49-15-37(62)50-32-19-72-45-29(28-9-8-27(70-23(5)57)13-30(28)52-45)10-25(41(64)48-16-38(63)53-39)11-34(60)40(21(3)35(71-24(6)58)18-69-22(4)56)54-43(66)33-12-26(59)17-55(33)46(68)31(14-36(47)61)51-42(32)65/h8-9,11,20-21,25,29-30,32-35,40,54,60H,7,10,12-19,47H2,1-6H3,(H2,48,61)(H,49,66)(H,50,69)(H,51,62)(H,52,68)(H,53,67)(H,55,63)(H,64,65);8-9,13,20-21,25-26,31-33,35,39-40,52,59H,7,10-12,14-19H2,1-6H3,(H2,47,61)(H,48,64)(H,49,67)(H,50,62)(H,51,65)(H,53,63)(H,54,66)/t20-,21?,25?,29?,30+,32?,33?,34-,35-,40-;20-,21?,25?,26?,31?,32?,33-,35-,39-,40-/m00/s1. The molecule has 0 aliphatic carbocycles. The van der Waals surface area contributed by atoms with Crippen LogP contribution in [-0.2, 0) is 147 Å². The van der Waals surface area contributed by atoms with E-state index in [1.165, 1.54) is 52.0 Å². The summed E-state index contributed by atoms with van der Waals surface area (Å²) in [5.41, 5.74) is 19.0. The van der Waals surface area contributed by atoms with E-state index in [9.17, 15) is 126 Å². The second kappa shape index (κ2) is 54.0. The van der Waals surface area contributed by atoms with Crippen molar-refractivity contribution < 1.29 is 159 Å². The minimum atomic E-state index is -1.85. The number of ether oxygens (including phenoxy) is 6. The number of carboxylic acid groups (broad SMARTS) is 1.